The molecule has 0 amide bonds. The van der Waals surface area contributed by atoms with E-state index in [0.717, 1.165) is 29.5 Å². The fourth-order valence-corrected chi connectivity index (χ4v) is 6.62. The molecule has 4 fully saturated rings. The molecular formula is C20H25N3S. The molecule has 1 aromatic heterocycles. The molecule has 0 saturated heterocycles. The summed E-state index contributed by atoms with van der Waals surface area (Å²) in [5.74, 6) is 4.11. The summed E-state index contributed by atoms with van der Waals surface area (Å²) in [6.07, 6.45) is 10.6. The van der Waals surface area contributed by atoms with E-state index in [0.29, 0.717) is 5.41 Å². The minimum Gasteiger partial charge on any atom is -0.301 e. The summed E-state index contributed by atoms with van der Waals surface area (Å²) in [6, 6.07) is 10.8. The zero-order valence-electron chi connectivity index (χ0n) is 14.3. The van der Waals surface area contributed by atoms with Gasteiger partial charge in [0.2, 0.25) is 0 Å². The van der Waals surface area contributed by atoms with Crippen molar-refractivity contribution in [2.75, 3.05) is 6.26 Å². The van der Waals surface area contributed by atoms with Gasteiger partial charge in [0.15, 0.2) is 5.16 Å². The van der Waals surface area contributed by atoms with Gasteiger partial charge >= 0.3 is 0 Å². The highest BCUT2D eigenvalue weighted by Gasteiger charge is 2.53. The Labute approximate surface area is 148 Å². The summed E-state index contributed by atoms with van der Waals surface area (Å²) in [6.45, 7) is 0.904. The molecular weight excluding hydrogens is 314 g/mol. The van der Waals surface area contributed by atoms with Crippen LogP contribution in [0.1, 0.15) is 49.9 Å². The minimum atomic E-state index is 0.310. The lowest BCUT2D eigenvalue weighted by Crippen LogP contribution is -2.49. The van der Waals surface area contributed by atoms with Crippen molar-refractivity contribution in [2.45, 2.75) is 55.6 Å². The maximum Gasteiger partial charge on any atom is 0.191 e. The van der Waals surface area contributed by atoms with E-state index in [4.69, 9.17) is 5.10 Å². The van der Waals surface area contributed by atoms with Gasteiger partial charge in [0.25, 0.3) is 0 Å². The van der Waals surface area contributed by atoms with Gasteiger partial charge in [-0.05, 0) is 68.1 Å². The number of hydrogen-bond acceptors (Lipinski definition) is 3. The summed E-state index contributed by atoms with van der Waals surface area (Å²) in [5, 5.41) is 10.4. The van der Waals surface area contributed by atoms with Crippen molar-refractivity contribution in [3.05, 3.63) is 41.7 Å². The summed E-state index contributed by atoms with van der Waals surface area (Å²) in [7, 11) is 0. The number of nitrogens with zero attached hydrogens (tertiary/aromatic N) is 3. The van der Waals surface area contributed by atoms with E-state index >= 15 is 0 Å². The van der Waals surface area contributed by atoms with Gasteiger partial charge < -0.3 is 4.57 Å². The smallest absolute Gasteiger partial charge is 0.191 e. The monoisotopic (exact) mass is 339 g/mol. The Hall–Kier alpha value is -1.29. The summed E-state index contributed by atoms with van der Waals surface area (Å²) in [4.78, 5) is 0. The lowest BCUT2D eigenvalue weighted by molar-refractivity contribution is -0.0112. The second-order valence-electron chi connectivity index (χ2n) is 8.28. The quantitative estimate of drug-likeness (QED) is 0.768. The second kappa shape index (κ2) is 5.62. The van der Waals surface area contributed by atoms with E-state index in [9.17, 15) is 0 Å². The molecule has 24 heavy (non-hydrogen) atoms. The Morgan fingerprint density at radius 2 is 1.62 bits per heavy atom. The molecule has 126 valence electrons. The fourth-order valence-electron chi connectivity index (χ4n) is 6.13. The van der Waals surface area contributed by atoms with Crippen LogP contribution in [0.4, 0.5) is 0 Å². The molecule has 6 rings (SSSR count). The van der Waals surface area contributed by atoms with Crippen molar-refractivity contribution in [2.24, 2.45) is 17.8 Å². The first-order valence-corrected chi connectivity index (χ1v) is 10.5. The van der Waals surface area contributed by atoms with Crippen LogP contribution in [0, 0.1) is 17.8 Å². The minimum absolute atomic E-state index is 0.310. The largest absolute Gasteiger partial charge is 0.301 e. The Bertz CT molecular complexity index is 701. The normalized spacial score (nSPS) is 34.0. The Morgan fingerprint density at radius 3 is 2.21 bits per heavy atom. The molecule has 1 heterocycles. The van der Waals surface area contributed by atoms with E-state index in [1.54, 1.807) is 11.8 Å². The van der Waals surface area contributed by atoms with Gasteiger partial charge in [0, 0.05) is 5.41 Å². The first-order valence-electron chi connectivity index (χ1n) is 9.27. The number of thioether (sulfide) groups is 1. The highest BCUT2D eigenvalue weighted by molar-refractivity contribution is 7.98. The van der Waals surface area contributed by atoms with Crippen LogP contribution in [0.5, 0.6) is 0 Å². The molecule has 4 heteroatoms. The van der Waals surface area contributed by atoms with Crippen LogP contribution in [0.15, 0.2) is 35.5 Å². The van der Waals surface area contributed by atoms with E-state index in [-0.39, 0.29) is 0 Å². The van der Waals surface area contributed by atoms with Crippen molar-refractivity contribution in [1.29, 1.82) is 0 Å². The zero-order chi connectivity index (χ0) is 16.1. The molecule has 0 spiro atoms. The summed E-state index contributed by atoms with van der Waals surface area (Å²) >= 11 is 1.73. The average molecular weight is 340 g/mol. The molecule has 0 radical (unpaired) electrons. The number of rotatable bonds is 4. The topological polar surface area (TPSA) is 30.7 Å². The van der Waals surface area contributed by atoms with E-state index < -0.39 is 0 Å². The van der Waals surface area contributed by atoms with Crippen LogP contribution in [0.2, 0.25) is 0 Å². The van der Waals surface area contributed by atoms with Gasteiger partial charge in [0.05, 0.1) is 6.54 Å². The average Bonchev–Trinajstić information content (AvgIpc) is 2.98. The molecule has 0 aliphatic heterocycles. The molecule has 1 aromatic carbocycles. The van der Waals surface area contributed by atoms with Gasteiger partial charge in [0.1, 0.15) is 5.82 Å². The highest BCUT2D eigenvalue weighted by Crippen LogP contribution is 2.60. The first kappa shape index (κ1) is 15.0. The first-order chi connectivity index (χ1) is 11.8. The predicted octanol–water partition coefficient (Wildman–Crippen LogP) is 4.52. The van der Waals surface area contributed by atoms with Crippen molar-refractivity contribution in [3.63, 3.8) is 0 Å². The Balaban J connectivity index is 1.55. The third-order valence-corrected chi connectivity index (χ3v) is 7.26. The van der Waals surface area contributed by atoms with Crippen molar-refractivity contribution >= 4 is 11.8 Å². The Morgan fingerprint density at radius 1 is 1.00 bits per heavy atom. The fraction of sp³-hybridized carbons (Fsp3) is 0.600. The van der Waals surface area contributed by atoms with Crippen LogP contribution in [-0.2, 0) is 12.0 Å². The Kier molecular flexibility index (Phi) is 3.51. The molecule has 2 aromatic rings. The standard InChI is InChI=1S/C20H25N3S/c1-24-19-22-21-18(23(19)13-14-5-3-2-4-6-14)20-10-15-7-16(11-20)9-17(8-15)12-20/h2-6,15-17H,7-13H2,1H3. The molecule has 4 aliphatic carbocycles. The second-order valence-corrected chi connectivity index (χ2v) is 9.05. The maximum atomic E-state index is 4.77. The van der Waals surface area contributed by atoms with Crippen molar-refractivity contribution in [3.8, 4) is 0 Å². The number of hydrogen-bond donors (Lipinski definition) is 0. The van der Waals surface area contributed by atoms with Crippen molar-refractivity contribution < 1.29 is 0 Å². The lowest BCUT2D eigenvalue weighted by atomic mass is 9.49. The van der Waals surface area contributed by atoms with E-state index in [1.807, 2.05) is 0 Å². The van der Waals surface area contributed by atoms with Gasteiger partial charge in [-0.1, -0.05) is 42.1 Å². The molecule has 3 nitrogen and oxygen atoms in total. The van der Waals surface area contributed by atoms with E-state index in [1.165, 1.54) is 49.9 Å². The highest BCUT2D eigenvalue weighted by atomic mass is 32.2. The lowest BCUT2D eigenvalue weighted by Gasteiger charge is -2.56. The summed E-state index contributed by atoms with van der Waals surface area (Å²) < 4.78 is 2.42. The van der Waals surface area contributed by atoms with Crippen molar-refractivity contribution in [1.82, 2.24) is 14.8 Å². The third kappa shape index (κ3) is 2.33. The van der Waals surface area contributed by atoms with Gasteiger partial charge in [-0.2, -0.15) is 0 Å². The molecule has 4 bridgehead atoms. The van der Waals surface area contributed by atoms with Crippen LogP contribution >= 0.6 is 11.8 Å². The van der Waals surface area contributed by atoms with Crippen LogP contribution in [0.25, 0.3) is 0 Å². The SMILES string of the molecule is CSc1nnc(C23CC4CC(CC(C4)C2)C3)n1Cc1ccccc1. The van der Waals surface area contributed by atoms with Gasteiger partial charge in [-0.25, -0.2) is 0 Å². The molecule has 0 unspecified atom stereocenters. The summed E-state index contributed by atoms with van der Waals surface area (Å²) in [5.41, 5.74) is 1.66. The third-order valence-electron chi connectivity index (χ3n) is 6.60. The zero-order valence-corrected chi connectivity index (χ0v) is 15.1. The molecule has 0 atom stereocenters. The molecule has 0 N–H and O–H groups in total. The van der Waals surface area contributed by atoms with E-state index in [2.05, 4.69) is 46.3 Å². The number of aromatic nitrogens is 3. The molecule has 4 aliphatic rings. The van der Waals surface area contributed by atoms with Crippen LogP contribution < -0.4 is 0 Å². The van der Waals surface area contributed by atoms with Gasteiger partial charge in [-0.15, -0.1) is 10.2 Å². The van der Waals surface area contributed by atoms with Crippen LogP contribution in [0.3, 0.4) is 0 Å². The van der Waals surface area contributed by atoms with Crippen LogP contribution in [-0.4, -0.2) is 21.0 Å². The molecule has 4 saturated carbocycles. The predicted molar refractivity (Wildman–Crippen MR) is 97.2 cm³/mol. The van der Waals surface area contributed by atoms with Gasteiger partial charge in [-0.3, -0.25) is 0 Å². The number of benzene rings is 1. The maximum absolute atomic E-state index is 4.77.